The highest BCUT2D eigenvalue weighted by Gasteiger charge is 2.23. The average molecular weight is 373 g/mol. The van der Waals surface area contributed by atoms with Crippen LogP contribution in [-0.4, -0.2) is 44.1 Å². The molecule has 26 heavy (non-hydrogen) atoms. The maximum Gasteiger partial charge on any atom is 0.227 e. The minimum absolute atomic E-state index is 0.189. The van der Waals surface area contributed by atoms with Crippen LogP contribution in [0.1, 0.15) is 16.7 Å². The van der Waals surface area contributed by atoms with E-state index >= 15 is 0 Å². The van der Waals surface area contributed by atoms with Crippen molar-refractivity contribution < 1.29 is 9.53 Å². The van der Waals surface area contributed by atoms with Gasteiger partial charge in [-0.3, -0.25) is 4.79 Å². The lowest BCUT2D eigenvalue weighted by Gasteiger charge is -2.37. The molecule has 0 saturated carbocycles. The van der Waals surface area contributed by atoms with Gasteiger partial charge >= 0.3 is 0 Å². The van der Waals surface area contributed by atoms with Crippen LogP contribution in [0.2, 0.25) is 5.02 Å². The molecule has 2 aromatic rings. The maximum absolute atomic E-state index is 12.6. The lowest BCUT2D eigenvalue weighted by molar-refractivity contribution is -0.130. The van der Waals surface area contributed by atoms with Gasteiger partial charge in [-0.05, 0) is 31.0 Å². The summed E-state index contributed by atoms with van der Waals surface area (Å²) in [6.07, 6.45) is 0.463. The van der Waals surface area contributed by atoms with Crippen LogP contribution in [0.4, 0.5) is 5.69 Å². The van der Waals surface area contributed by atoms with Gasteiger partial charge in [0.15, 0.2) is 0 Å². The normalized spacial score (nSPS) is 14.5. The first-order chi connectivity index (χ1) is 12.5. The Morgan fingerprint density at radius 2 is 1.85 bits per heavy atom. The summed E-state index contributed by atoms with van der Waals surface area (Å²) in [4.78, 5) is 16.8. The smallest absolute Gasteiger partial charge is 0.227 e. The minimum Gasteiger partial charge on any atom is -0.495 e. The molecule has 0 unspecified atom stereocenters. The molecular weight excluding hydrogens is 348 g/mol. The van der Waals surface area contributed by atoms with Gasteiger partial charge in [0.25, 0.3) is 0 Å². The fourth-order valence-electron chi connectivity index (χ4n) is 3.36. The number of aryl methyl sites for hydroxylation is 2. The Labute approximate surface area is 160 Å². The summed E-state index contributed by atoms with van der Waals surface area (Å²) in [6, 6.07) is 12.1. The SMILES string of the molecule is COc1cc(Cl)c(C)cc1N1CCN(C(=O)Cc2cccc(C)c2)CC1. The molecule has 1 fully saturated rings. The quantitative estimate of drug-likeness (QED) is 0.817. The molecule has 1 heterocycles. The molecule has 4 nitrogen and oxygen atoms in total. The third-order valence-electron chi connectivity index (χ3n) is 4.87. The molecule has 0 spiro atoms. The lowest BCUT2D eigenvalue weighted by Crippen LogP contribution is -2.49. The number of carbonyl (C=O) groups excluding carboxylic acids is 1. The third-order valence-corrected chi connectivity index (χ3v) is 5.28. The molecule has 0 atom stereocenters. The fraction of sp³-hybridized carbons (Fsp3) is 0.381. The van der Waals surface area contributed by atoms with Gasteiger partial charge in [0, 0.05) is 37.3 Å². The fourth-order valence-corrected chi connectivity index (χ4v) is 3.52. The standard InChI is InChI=1S/C21H25ClN2O2/c1-15-5-4-6-17(11-15)13-21(25)24-9-7-23(8-10-24)19-12-16(2)18(22)14-20(19)26-3/h4-6,11-12,14H,7-10,13H2,1-3H3. The summed E-state index contributed by atoms with van der Waals surface area (Å²) in [5, 5.41) is 0.706. The molecule has 2 aromatic carbocycles. The second-order valence-corrected chi connectivity index (χ2v) is 7.21. The molecular formula is C21H25ClN2O2. The van der Waals surface area contributed by atoms with E-state index in [1.807, 2.05) is 43.0 Å². The van der Waals surface area contributed by atoms with Crippen LogP contribution in [0.3, 0.4) is 0 Å². The lowest BCUT2D eigenvalue weighted by atomic mass is 10.1. The molecule has 138 valence electrons. The Bertz CT molecular complexity index is 799. The second-order valence-electron chi connectivity index (χ2n) is 6.81. The van der Waals surface area contributed by atoms with Crippen molar-refractivity contribution in [3.8, 4) is 5.75 Å². The van der Waals surface area contributed by atoms with Crippen LogP contribution in [-0.2, 0) is 11.2 Å². The van der Waals surface area contributed by atoms with E-state index in [1.165, 1.54) is 5.56 Å². The Morgan fingerprint density at radius 3 is 2.50 bits per heavy atom. The first kappa shape index (κ1) is 18.6. The van der Waals surface area contributed by atoms with Crippen molar-refractivity contribution in [2.24, 2.45) is 0 Å². The molecule has 1 aliphatic heterocycles. The summed E-state index contributed by atoms with van der Waals surface area (Å²) in [5.41, 5.74) is 4.33. The molecule has 0 aromatic heterocycles. The topological polar surface area (TPSA) is 32.8 Å². The summed E-state index contributed by atoms with van der Waals surface area (Å²) in [6.45, 7) is 7.06. The van der Waals surface area contributed by atoms with E-state index < -0.39 is 0 Å². The highest BCUT2D eigenvalue weighted by atomic mass is 35.5. The molecule has 0 N–H and O–H groups in total. The van der Waals surface area contributed by atoms with Crippen LogP contribution < -0.4 is 9.64 Å². The summed E-state index contributed by atoms with van der Waals surface area (Å²) in [5.74, 6) is 0.967. The molecule has 0 bridgehead atoms. The molecule has 1 amide bonds. The molecule has 1 saturated heterocycles. The van der Waals surface area contributed by atoms with Crippen LogP contribution in [0.15, 0.2) is 36.4 Å². The Balaban J connectivity index is 1.64. The van der Waals surface area contributed by atoms with Crippen molar-refractivity contribution in [1.29, 1.82) is 0 Å². The Kier molecular flexibility index (Phi) is 5.72. The van der Waals surface area contributed by atoms with Gasteiger partial charge < -0.3 is 14.5 Å². The number of halogens is 1. The molecule has 1 aliphatic rings. The highest BCUT2D eigenvalue weighted by molar-refractivity contribution is 6.31. The zero-order chi connectivity index (χ0) is 18.7. The van der Waals surface area contributed by atoms with Gasteiger partial charge in [-0.15, -0.1) is 0 Å². The molecule has 0 radical (unpaired) electrons. The number of methoxy groups -OCH3 is 1. The highest BCUT2D eigenvalue weighted by Crippen LogP contribution is 2.34. The van der Waals surface area contributed by atoms with Gasteiger partial charge in [0.2, 0.25) is 5.91 Å². The van der Waals surface area contributed by atoms with Gasteiger partial charge in [-0.25, -0.2) is 0 Å². The van der Waals surface area contributed by atoms with E-state index in [1.54, 1.807) is 7.11 Å². The molecule has 3 rings (SSSR count). The monoisotopic (exact) mass is 372 g/mol. The van der Waals surface area contributed by atoms with Crippen LogP contribution in [0, 0.1) is 13.8 Å². The van der Waals surface area contributed by atoms with Crippen molar-refractivity contribution in [2.75, 3.05) is 38.2 Å². The van der Waals surface area contributed by atoms with Crippen molar-refractivity contribution in [2.45, 2.75) is 20.3 Å². The van der Waals surface area contributed by atoms with Crippen LogP contribution in [0.25, 0.3) is 0 Å². The van der Waals surface area contributed by atoms with Gasteiger partial charge in [-0.2, -0.15) is 0 Å². The first-order valence-corrected chi connectivity index (χ1v) is 9.28. The number of benzene rings is 2. The number of piperazine rings is 1. The number of hydrogen-bond acceptors (Lipinski definition) is 3. The summed E-state index contributed by atoms with van der Waals surface area (Å²) < 4.78 is 5.49. The van der Waals surface area contributed by atoms with Gasteiger partial charge in [0.1, 0.15) is 5.75 Å². The van der Waals surface area contributed by atoms with Crippen molar-refractivity contribution in [1.82, 2.24) is 4.90 Å². The number of anilines is 1. The van der Waals surface area contributed by atoms with Gasteiger partial charge in [0.05, 0.1) is 19.2 Å². The van der Waals surface area contributed by atoms with E-state index in [2.05, 4.69) is 17.0 Å². The number of carbonyl (C=O) groups is 1. The summed E-state index contributed by atoms with van der Waals surface area (Å²) >= 11 is 6.20. The number of hydrogen-bond donors (Lipinski definition) is 0. The third kappa shape index (κ3) is 4.13. The number of amides is 1. The van der Waals surface area contributed by atoms with E-state index in [9.17, 15) is 4.79 Å². The average Bonchev–Trinajstić information content (AvgIpc) is 2.63. The minimum atomic E-state index is 0.189. The number of rotatable bonds is 4. The zero-order valence-electron chi connectivity index (χ0n) is 15.6. The predicted octanol–water partition coefficient (Wildman–Crippen LogP) is 3.86. The van der Waals surface area contributed by atoms with Crippen molar-refractivity contribution in [3.63, 3.8) is 0 Å². The number of ether oxygens (including phenoxy) is 1. The molecule has 0 aliphatic carbocycles. The predicted molar refractivity (Wildman–Crippen MR) is 106 cm³/mol. The van der Waals surface area contributed by atoms with Crippen LogP contribution >= 0.6 is 11.6 Å². The molecule has 5 heteroatoms. The van der Waals surface area contributed by atoms with E-state index in [0.717, 1.165) is 48.7 Å². The van der Waals surface area contributed by atoms with E-state index in [0.29, 0.717) is 11.4 Å². The first-order valence-electron chi connectivity index (χ1n) is 8.90. The Morgan fingerprint density at radius 1 is 1.12 bits per heavy atom. The second kappa shape index (κ2) is 8.00. The zero-order valence-corrected chi connectivity index (χ0v) is 16.3. The van der Waals surface area contributed by atoms with Gasteiger partial charge in [-0.1, -0.05) is 41.4 Å². The Hall–Kier alpha value is -2.20. The summed E-state index contributed by atoms with van der Waals surface area (Å²) in [7, 11) is 1.66. The van der Waals surface area contributed by atoms with E-state index in [-0.39, 0.29) is 5.91 Å². The van der Waals surface area contributed by atoms with Crippen LogP contribution in [0.5, 0.6) is 5.75 Å². The van der Waals surface area contributed by atoms with E-state index in [4.69, 9.17) is 16.3 Å². The van der Waals surface area contributed by atoms with Crippen molar-refractivity contribution >= 4 is 23.2 Å². The number of nitrogens with zero attached hydrogens (tertiary/aromatic N) is 2. The van der Waals surface area contributed by atoms with Crippen molar-refractivity contribution in [3.05, 3.63) is 58.1 Å². The maximum atomic E-state index is 12.6. The largest absolute Gasteiger partial charge is 0.495 e.